The highest BCUT2D eigenvalue weighted by Gasteiger charge is 2.21. The molecule has 1 unspecified atom stereocenters. The molecule has 1 amide bonds. The van der Waals surface area contributed by atoms with Gasteiger partial charge in [0.25, 0.3) is 0 Å². The number of aromatic nitrogens is 2. The second kappa shape index (κ2) is 6.53. The Morgan fingerprint density at radius 1 is 1.32 bits per heavy atom. The highest BCUT2D eigenvalue weighted by molar-refractivity contribution is 5.95. The zero-order chi connectivity index (χ0) is 15.4. The van der Waals surface area contributed by atoms with Crippen LogP contribution in [0.2, 0.25) is 0 Å². The van der Waals surface area contributed by atoms with Gasteiger partial charge < -0.3 is 15.4 Å². The number of anilines is 1. The van der Waals surface area contributed by atoms with Crippen LogP contribution < -0.4 is 15.4 Å². The maximum absolute atomic E-state index is 12.0. The van der Waals surface area contributed by atoms with Gasteiger partial charge >= 0.3 is 6.01 Å². The third-order valence-electron chi connectivity index (χ3n) is 3.48. The summed E-state index contributed by atoms with van der Waals surface area (Å²) in [5.41, 5.74) is 1.59. The highest BCUT2D eigenvalue weighted by atomic mass is 16.5. The van der Waals surface area contributed by atoms with Crippen LogP contribution in [0.5, 0.6) is 11.8 Å². The summed E-state index contributed by atoms with van der Waals surface area (Å²) in [6.45, 7) is 2.78. The SMILES string of the molecule is Cc1ccnc(Oc2ccc(NC(=O)C3CCCN3)cc2)n1. The molecule has 1 aromatic carbocycles. The molecule has 1 fully saturated rings. The number of carbonyl (C=O) groups excluding carboxylic acids is 1. The van der Waals surface area contributed by atoms with E-state index < -0.39 is 0 Å². The Kier molecular flexibility index (Phi) is 4.29. The molecule has 0 bridgehead atoms. The lowest BCUT2D eigenvalue weighted by molar-refractivity contribution is -0.117. The Morgan fingerprint density at radius 2 is 2.14 bits per heavy atom. The van der Waals surface area contributed by atoms with E-state index >= 15 is 0 Å². The predicted molar refractivity (Wildman–Crippen MR) is 82.9 cm³/mol. The Hall–Kier alpha value is -2.47. The Labute approximate surface area is 128 Å². The van der Waals surface area contributed by atoms with E-state index in [1.54, 1.807) is 30.5 Å². The van der Waals surface area contributed by atoms with Gasteiger partial charge in [0.05, 0.1) is 6.04 Å². The second-order valence-corrected chi connectivity index (χ2v) is 5.25. The minimum atomic E-state index is -0.0865. The molecule has 1 aliphatic rings. The van der Waals surface area contributed by atoms with Gasteiger partial charge in [-0.3, -0.25) is 4.79 Å². The van der Waals surface area contributed by atoms with Crippen LogP contribution in [0.4, 0.5) is 5.69 Å². The van der Waals surface area contributed by atoms with E-state index in [0.29, 0.717) is 11.8 Å². The smallest absolute Gasteiger partial charge is 0.322 e. The van der Waals surface area contributed by atoms with Crippen molar-refractivity contribution in [2.24, 2.45) is 0 Å². The fourth-order valence-electron chi connectivity index (χ4n) is 2.32. The van der Waals surface area contributed by atoms with Gasteiger partial charge in [0.1, 0.15) is 5.75 Å². The van der Waals surface area contributed by atoms with E-state index in [0.717, 1.165) is 30.8 Å². The number of hydrogen-bond acceptors (Lipinski definition) is 5. The van der Waals surface area contributed by atoms with E-state index in [1.807, 2.05) is 13.0 Å². The zero-order valence-corrected chi connectivity index (χ0v) is 12.4. The van der Waals surface area contributed by atoms with E-state index in [1.165, 1.54) is 0 Å². The third kappa shape index (κ3) is 3.59. The summed E-state index contributed by atoms with van der Waals surface area (Å²) >= 11 is 0. The van der Waals surface area contributed by atoms with Crippen molar-refractivity contribution in [2.75, 3.05) is 11.9 Å². The van der Waals surface area contributed by atoms with Crippen LogP contribution in [0.1, 0.15) is 18.5 Å². The van der Waals surface area contributed by atoms with Crippen LogP contribution in [-0.2, 0) is 4.79 Å². The highest BCUT2D eigenvalue weighted by Crippen LogP contribution is 2.20. The van der Waals surface area contributed by atoms with Crippen molar-refractivity contribution in [2.45, 2.75) is 25.8 Å². The molecule has 114 valence electrons. The molecule has 2 aromatic rings. The second-order valence-electron chi connectivity index (χ2n) is 5.25. The minimum Gasteiger partial charge on any atom is -0.424 e. The van der Waals surface area contributed by atoms with Crippen LogP contribution in [0, 0.1) is 6.92 Å². The number of carbonyl (C=O) groups is 1. The summed E-state index contributed by atoms with van der Waals surface area (Å²) in [7, 11) is 0. The predicted octanol–water partition coefficient (Wildman–Crippen LogP) is 2.27. The lowest BCUT2D eigenvalue weighted by Gasteiger charge is -2.11. The summed E-state index contributed by atoms with van der Waals surface area (Å²) < 4.78 is 5.57. The number of nitrogens with zero attached hydrogens (tertiary/aromatic N) is 2. The standard InChI is InChI=1S/C16H18N4O2/c1-11-8-10-18-16(19-11)22-13-6-4-12(5-7-13)20-15(21)14-3-2-9-17-14/h4-8,10,14,17H,2-3,9H2,1H3,(H,20,21). The van der Waals surface area contributed by atoms with Crippen molar-refractivity contribution in [1.29, 1.82) is 0 Å². The van der Waals surface area contributed by atoms with E-state index in [9.17, 15) is 4.79 Å². The summed E-state index contributed by atoms with van der Waals surface area (Å²) in [5.74, 6) is 0.635. The van der Waals surface area contributed by atoms with E-state index in [4.69, 9.17) is 4.74 Å². The topological polar surface area (TPSA) is 76.1 Å². The van der Waals surface area contributed by atoms with Gasteiger partial charge in [0.2, 0.25) is 5.91 Å². The van der Waals surface area contributed by atoms with Crippen molar-refractivity contribution >= 4 is 11.6 Å². The number of aryl methyl sites for hydroxylation is 1. The van der Waals surface area contributed by atoms with Gasteiger partial charge in [-0.1, -0.05) is 0 Å². The first-order chi connectivity index (χ1) is 10.7. The monoisotopic (exact) mass is 298 g/mol. The summed E-state index contributed by atoms with van der Waals surface area (Å²) in [4.78, 5) is 20.2. The minimum absolute atomic E-state index is 0.00758. The number of amides is 1. The van der Waals surface area contributed by atoms with E-state index in [2.05, 4.69) is 20.6 Å². The van der Waals surface area contributed by atoms with Gasteiger partial charge in [-0.15, -0.1) is 0 Å². The number of nitrogens with one attached hydrogen (secondary N) is 2. The van der Waals surface area contributed by atoms with E-state index in [-0.39, 0.29) is 11.9 Å². The van der Waals surface area contributed by atoms with Crippen LogP contribution >= 0.6 is 0 Å². The lowest BCUT2D eigenvalue weighted by atomic mass is 10.2. The maximum atomic E-state index is 12.0. The number of hydrogen-bond donors (Lipinski definition) is 2. The van der Waals surface area contributed by atoms with Crippen LogP contribution in [-0.4, -0.2) is 28.5 Å². The quantitative estimate of drug-likeness (QED) is 0.905. The number of ether oxygens (including phenoxy) is 1. The summed E-state index contributed by atoms with van der Waals surface area (Å²) in [5, 5.41) is 6.07. The fraction of sp³-hybridized carbons (Fsp3) is 0.312. The average Bonchev–Trinajstić information content (AvgIpc) is 3.04. The molecule has 1 saturated heterocycles. The largest absolute Gasteiger partial charge is 0.424 e. The number of benzene rings is 1. The molecule has 1 aromatic heterocycles. The molecule has 6 nitrogen and oxygen atoms in total. The first kappa shape index (κ1) is 14.5. The van der Waals surface area contributed by atoms with Crippen LogP contribution in [0.3, 0.4) is 0 Å². The molecular weight excluding hydrogens is 280 g/mol. The van der Waals surface area contributed by atoms with Crippen molar-refractivity contribution in [1.82, 2.24) is 15.3 Å². The molecule has 0 radical (unpaired) electrons. The first-order valence-electron chi connectivity index (χ1n) is 7.32. The zero-order valence-electron chi connectivity index (χ0n) is 12.4. The molecule has 2 heterocycles. The van der Waals surface area contributed by atoms with Crippen molar-refractivity contribution in [3.8, 4) is 11.8 Å². The molecule has 22 heavy (non-hydrogen) atoms. The molecule has 1 atom stereocenters. The first-order valence-corrected chi connectivity index (χ1v) is 7.32. The molecule has 0 spiro atoms. The van der Waals surface area contributed by atoms with Crippen LogP contribution in [0.25, 0.3) is 0 Å². The van der Waals surface area contributed by atoms with Crippen molar-refractivity contribution < 1.29 is 9.53 Å². The summed E-state index contributed by atoms with van der Waals surface area (Å²) in [6, 6.07) is 9.20. The molecule has 0 saturated carbocycles. The Bertz CT molecular complexity index is 651. The van der Waals surface area contributed by atoms with Gasteiger partial charge in [-0.2, -0.15) is 0 Å². The molecule has 3 rings (SSSR count). The third-order valence-corrected chi connectivity index (χ3v) is 3.48. The molecule has 1 aliphatic heterocycles. The molecule has 6 heteroatoms. The van der Waals surface area contributed by atoms with Gasteiger partial charge in [0.15, 0.2) is 0 Å². The Morgan fingerprint density at radius 3 is 2.82 bits per heavy atom. The van der Waals surface area contributed by atoms with Gasteiger partial charge in [-0.25, -0.2) is 9.97 Å². The molecule has 0 aliphatic carbocycles. The maximum Gasteiger partial charge on any atom is 0.322 e. The molecular formula is C16H18N4O2. The lowest BCUT2D eigenvalue weighted by Crippen LogP contribution is -2.35. The van der Waals surface area contributed by atoms with Crippen molar-refractivity contribution in [3.05, 3.63) is 42.2 Å². The number of rotatable bonds is 4. The summed E-state index contributed by atoms with van der Waals surface area (Å²) in [6.07, 6.45) is 3.58. The van der Waals surface area contributed by atoms with Crippen molar-refractivity contribution in [3.63, 3.8) is 0 Å². The van der Waals surface area contributed by atoms with Gasteiger partial charge in [0, 0.05) is 17.6 Å². The normalized spacial score (nSPS) is 17.2. The van der Waals surface area contributed by atoms with Gasteiger partial charge in [-0.05, 0) is 56.6 Å². The van der Waals surface area contributed by atoms with Crippen LogP contribution in [0.15, 0.2) is 36.5 Å². The average molecular weight is 298 g/mol. The fourth-order valence-corrected chi connectivity index (χ4v) is 2.32. The molecule has 2 N–H and O–H groups in total. The Balaban J connectivity index is 1.61.